The lowest BCUT2D eigenvalue weighted by Gasteiger charge is -2.60. The van der Waals surface area contributed by atoms with Gasteiger partial charge in [0.15, 0.2) is 11.5 Å². The largest absolute Gasteiger partial charge is 0.493 e. The summed E-state index contributed by atoms with van der Waals surface area (Å²) in [6, 6.07) is 23.4. The number of sulfonamides is 1. The monoisotopic (exact) mass is 574 g/mol. The van der Waals surface area contributed by atoms with Crippen LogP contribution in [0.4, 0.5) is 0 Å². The number of β-amino-alcohol motifs (C(OH)–C–C–N with tert-alkyl or cyclic N) is 1. The number of methoxy groups -OCH3 is 1. The summed E-state index contributed by atoms with van der Waals surface area (Å²) in [5.74, 6) is 1.81. The van der Waals surface area contributed by atoms with Gasteiger partial charge in [-0.05, 0) is 60.9 Å². The SMILES string of the molecule is COc1ccc2c3c1O[C@H]1[C@H](N(C)S(=O)(=O)Cc4ccccc4)CC[C@H]4[C@@H](C2)N(CC(O)c2ccccc2)CC[C@@]341. The number of aliphatic hydroxyl groups excluding tert-OH is 1. The lowest BCUT2D eigenvalue weighted by Crippen LogP contribution is -2.69. The van der Waals surface area contributed by atoms with Gasteiger partial charge in [0.2, 0.25) is 10.0 Å². The predicted molar refractivity (Wildman–Crippen MR) is 158 cm³/mol. The molecule has 2 heterocycles. The van der Waals surface area contributed by atoms with E-state index in [9.17, 15) is 13.5 Å². The summed E-state index contributed by atoms with van der Waals surface area (Å²) >= 11 is 0. The molecular weight excluding hydrogens is 536 g/mol. The van der Waals surface area contributed by atoms with E-state index in [-0.39, 0.29) is 29.4 Å². The first-order chi connectivity index (χ1) is 19.8. The molecule has 3 aromatic rings. The first kappa shape index (κ1) is 27.0. The van der Waals surface area contributed by atoms with Crippen molar-refractivity contribution in [1.29, 1.82) is 0 Å². The van der Waals surface area contributed by atoms with E-state index in [4.69, 9.17) is 9.47 Å². The van der Waals surface area contributed by atoms with Gasteiger partial charge < -0.3 is 14.6 Å². The van der Waals surface area contributed by atoms with Gasteiger partial charge in [-0.3, -0.25) is 4.90 Å². The molecule has 216 valence electrons. The Hall–Kier alpha value is -2.91. The van der Waals surface area contributed by atoms with Gasteiger partial charge in [-0.1, -0.05) is 66.7 Å². The summed E-state index contributed by atoms with van der Waals surface area (Å²) in [6.45, 7) is 1.41. The Balaban J connectivity index is 1.24. The fraction of sp³-hybridized carbons (Fsp3) is 0.455. The number of rotatable bonds is 8. The fourth-order valence-electron chi connectivity index (χ4n) is 8.44. The van der Waals surface area contributed by atoms with Crippen molar-refractivity contribution in [3.8, 4) is 11.5 Å². The molecule has 2 bridgehead atoms. The average molecular weight is 575 g/mol. The lowest BCUT2D eigenvalue weighted by atomic mass is 9.51. The van der Waals surface area contributed by atoms with Gasteiger partial charge in [-0.25, -0.2) is 8.42 Å². The number of aliphatic hydroxyl groups is 1. The van der Waals surface area contributed by atoms with Crippen LogP contribution in [0.2, 0.25) is 0 Å². The van der Waals surface area contributed by atoms with Gasteiger partial charge in [0.05, 0.1) is 25.0 Å². The van der Waals surface area contributed by atoms with Crippen LogP contribution in [0.3, 0.4) is 0 Å². The minimum Gasteiger partial charge on any atom is -0.493 e. The maximum atomic E-state index is 13.7. The molecular formula is C33H38N2O5S. The van der Waals surface area contributed by atoms with Gasteiger partial charge in [-0.2, -0.15) is 4.31 Å². The number of piperidine rings is 1. The topological polar surface area (TPSA) is 79.3 Å². The molecule has 1 saturated carbocycles. The molecule has 7 nitrogen and oxygen atoms in total. The van der Waals surface area contributed by atoms with Crippen molar-refractivity contribution in [3.05, 3.63) is 95.1 Å². The summed E-state index contributed by atoms with van der Waals surface area (Å²) in [7, 11) is -0.169. The lowest BCUT2D eigenvalue weighted by molar-refractivity contribution is -0.0823. The Morgan fingerprint density at radius 1 is 1.07 bits per heavy atom. The van der Waals surface area contributed by atoms with E-state index in [2.05, 4.69) is 11.0 Å². The van der Waals surface area contributed by atoms with Crippen molar-refractivity contribution in [3.63, 3.8) is 0 Å². The van der Waals surface area contributed by atoms with E-state index in [0.29, 0.717) is 12.5 Å². The summed E-state index contributed by atoms with van der Waals surface area (Å²) in [5, 5.41) is 11.2. The van der Waals surface area contributed by atoms with Gasteiger partial charge in [0.25, 0.3) is 0 Å². The highest BCUT2D eigenvalue weighted by atomic mass is 32.2. The third-order valence-electron chi connectivity index (χ3n) is 10.3. The summed E-state index contributed by atoms with van der Waals surface area (Å²) < 4.78 is 41.7. The minimum absolute atomic E-state index is 0.0285. The second-order valence-corrected chi connectivity index (χ2v) is 14.2. The van der Waals surface area contributed by atoms with Crippen LogP contribution in [-0.4, -0.2) is 68.2 Å². The third kappa shape index (κ3) is 4.22. The molecule has 2 aliphatic heterocycles. The van der Waals surface area contributed by atoms with Crippen LogP contribution in [0, 0.1) is 5.92 Å². The maximum Gasteiger partial charge on any atom is 0.218 e. The van der Waals surface area contributed by atoms with Gasteiger partial charge >= 0.3 is 0 Å². The highest BCUT2D eigenvalue weighted by molar-refractivity contribution is 7.88. The molecule has 6 atom stereocenters. The quantitative estimate of drug-likeness (QED) is 0.432. The van der Waals surface area contributed by atoms with Crippen molar-refractivity contribution in [1.82, 2.24) is 9.21 Å². The zero-order valence-corrected chi connectivity index (χ0v) is 24.5. The van der Waals surface area contributed by atoms with Crippen LogP contribution in [-0.2, 0) is 27.6 Å². The predicted octanol–water partition coefficient (Wildman–Crippen LogP) is 4.30. The van der Waals surface area contributed by atoms with E-state index in [1.165, 1.54) is 11.1 Å². The average Bonchev–Trinajstić information content (AvgIpc) is 3.33. The molecule has 8 heteroatoms. The molecule has 1 unspecified atom stereocenters. The molecule has 1 saturated heterocycles. The van der Waals surface area contributed by atoms with Crippen LogP contribution >= 0.6 is 0 Å². The smallest absolute Gasteiger partial charge is 0.218 e. The summed E-state index contributed by atoms with van der Waals surface area (Å²) in [6.07, 6.45) is 2.55. The van der Waals surface area contributed by atoms with Crippen LogP contribution in [0.5, 0.6) is 11.5 Å². The van der Waals surface area contributed by atoms with Crippen molar-refractivity contribution < 1.29 is 23.0 Å². The number of likely N-dealkylation sites (N-methyl/N-ethyl adjacent to an activating group) is 1. The number of benzene rings is 3. The Morgan fingerprint density at radius 2 is 1.80 bits per heavy atom. The Labute approximate surface area is 242 Å². The third-order valence-corrected chi connectivity index (χ3v) is 12.1. The zero-order chi connectivity index (χ0) is 28.4. The first-order valence-corrected chi connectivity index (χ1v) is 16.3. The number of hydrogen-bond donors (Lipinski definition) is 1. The Bertz CT molecular complexity index is 1530. The second-order valence-electron chi connectivity index (χ2n) is 12.2. The first-order valence-electron chi connectivity index (χ1n) is 14.7. The van der Waals surface area contributed by atoms with Crippen molar-refractivity contribution in [2.45, 2.75) is 61.1 Å². The molecule has 2 fully saturated rings. The molecule has 0 radical (unpaired) electrons. The maximum absolute atomic E-state index is 13.7. The second kappa shape index (κ2) is 10.1. The van der Waals surface area contributed by atoms with Crippen LogP contribution in [0.15, 0.2) is 72.8 Å². The molecule has 0 aromatic heterocycles. The van der Waals surface area contributed by atoms with E-state index in [1.807, 2.05) is 66.7 Å². The van der Waals surface area contributed by atoms with Gasteiger partial charge in [0.1, 0.15) is 6.10 Å². The summed E-state index contributed by atoms with van der Waals surface area (Å²) in [5.41, 5.74) is 3.94. The zero-order valence-electron chi connectivity index (χ0n) is 23.6. The van der Waals surface area contributed by atoms with Crippen LogP contribution in [0.25, 0.3) is 0 Å². The molecule has 1 N–H and O–H groups in total. The Morgan fingerprint density at radius 3 is 2.54 bits per heavy atom. The highest BCUT2D eigenvalue weighted by Gasteiger charge is 2.66. The van der Waals surface area contributed by atoms with Crippen molar-refractivity contribution >= 4 is 10.0 Å². The van der Waals surface area contributed by atoms with E-state index in [0.717, 1.165) is 54.9 Å². The molecule has 1 spiro atoms. The normalized spacial score (nSPS) is 29.1. The number of nitrogens with zero attached hydrogens (tertiary/aromatic N) is 2. The molecule has 7 rings (SSSR count). The standard InChI is InChI=1S/C33H38N2O5S/c1-34(41(37,38)21-22-9-5-3-6-10-22)26-15-14-25-27-19-24-13-16-29(39-2)31-30(24)33(25,32(26)40-31)17-18-35(27)20-28(36)23-11-7-4-8-12-23/h3-13,16,25-28,32,36H,14-15,17-21H2,1-2H3/t25-,26+,27+,28?,32-,33-/m0/s1. The summed E-state index contributed by atoms with van der Waals surface area (Å²) in [4.78, 5) is 2.48. The molecule has 0 amide bonds. The highest BCUT2D eigenvalue weighted by Crippen LogP contribution is 2.64. The van der Waals surface area contributed by atoms with Gasteiger partial charge in [0, 0.05) is 30.6 Å². The fourth-order valence-corrected chi connectivity index (χ4v) is 9.89. The minimum atomic E-state index is -3.57. The van der Waals surface area contributed by atoms with Crippen molar-refractivity contribution in [2.75, 3.05) is 27.2 Å². The molecule has 41 heavy (non-hydrogen) atoms. The van der Waals surface area contributed by atoms with E-state index >= 15 is 0 Å². The number of likely N-dealkylation sites (tertiary alicyclic amines) is 1. The van der Waals surface area contributed by atoms with Gasteiger partial charge in [-0.15, -0.1) is 0 Å². The molecule has 3 aromatic carbocycles. The van der Waals surface area contributed by atoms with Crippen LogP contribution < -0.4 is 9.47 Å². The molecule has 2 aliphatic carbocycles. The number of ether oxygens (including phenoxy) is 2. The number of hydrogen-bond acceptors (Lipinski definition) is 6. The molecule has 4 aliphatic rings. The van der Waals surface area contributed by atoms with E-state index < -0.39 is 16.1 Å². The van der Waals surface area contributed by atoms with Crippen LogP contribution in [0.1, 0.15) is 47.6 Å². The van der Waals surface area contributed by atoms with Crippen molar-refractivity contribution in [2.24, 2.45) is 5.92 Å². The Kier molecular flexibility index (Phi) is 6.65. The van der Waals surface area contributed by atoms with E-state index in [1.54, 1.807) is 18.5 Å².